The summed E-state index contributed by atoms with van der Waals surface area (Å²) in [6.07, 6.45) is 1.70. The first-order valence-corrected chi connectivity index (χ1v) is 4.45. The Morgan fingerprint density at radius 2 is 2.64 bits per heavy atom. The van der Waals surface area contributed by atoms with E-state index in [1.165, 1.54) is 11.3 Å². The molecule has 5 heteroatoms. The highest BCUT2D eigenvalue weighted by atomic mass is 35.5. The summed E-state index contributed by atoms with van der Waals surface area (Å²) in [5.41, 5.74) is 0. The summed E-state index contributed by atoms with van der Waals surface area (Å²) >= 11 is 6.77. The Hall–Kier alpha value is -0.610. The third-order valence-corrected chi connectivity index (χ3v) is 2.06. The molecule has 1 heterocycles. The monoisotopic (exact) mass is 190 g/mol. The fourth-order valence-electron chi connectivity index (χ4n) is 0.562. The lowest BCUT2D eigenvalue weighted by Crippen LogP contribution is -2.23. The van der Waals surface area contributed by atoms with Gasteiger partial charge in [-0.15, -0.1) is 22.9 Å². The summed E-state index contributed by atoms with van der Waals surface area (Å²) < 4.78 is 0. The van der Waals surface area contributed by atoms with E-state index in [1.54, 1.807) is 6.20 Å². The van der Waals surface area contributed by atoms with Gasteiger partial charge in [0.15, 0.2) is 0 Å². The third kappa shape index (κ3) is 2.86. The second-order valence-electron chi connectivity index (χ2n) is 1.84. The van der Waals surface area contributed by atoms with Crippen LogP contribution in [0.1, 0.15) is 5.01 Å². The van der Waals surface area contributed by atoms with Crippen molar-refractivity contribution in [3.05, 3.63) is 16.6 Å². The number of hydrogen-bond acceptors (Lipinski definition) is 3. The van der Waals surface area contributed by atoms with E-state index in [9.17, 15) is 4.79 Å². The molecule has 60 valence electrons. The van der Waals surface area contributed by atoms with Crippen molar-refractivity contribution < 1.29 is 4.79 Å². The van der Waals surface area contributed by atoms with Crippen LogP contribution in [0, 0.1) is 0 Å². The van der Waals surface area contributed by atoms with Crippen LogP contribution in [0.4, 0.5) is 0 Å². The number of halogens is 1. The Kier molecular flexibility index (Phi) is 3.32. The van der Waals surface area contributed by atoms with Gasteiger partial charge in [-0.25, -0.2) is 4.98 Å². The van der Waals surface area contributed by atoms with E-state index >= 15 is 0 Å². The Morgan fingerprint density at radius 1 is 1.82 bits per heavy atom. The zero-order valence-electron chi connectivity index (χ0n) is 5.71. The number of hydrogen-bond donors (Lipinski definition) is 1. The van der Waals surface area contributed by atoms with Gasteiger partial charge >= 0.3 is 0 Å². The number of alkyl halides is 1. The van der Waals surface area contributed by atoms with Crippen LogP contribution in [-0.2, 0) is 11.3 Å². The van der Waals surface area contributed by atoms with Gasteiger partial charge in [0.05, 0.1) is 6.54 Å². The molecule has 0 atom stereocenters. The van der Waals surface area contributed by atoms with Crippen LogP contribution < -0.4 is 5.32 Å². The van der Waals surface area contributed by atoms with E-state index in [4.69, 9.17) is 11.6 Å². The molecule has 0 aliphatic heterocycles. The molecule has 1 aromatic rings. The zero-order chi connectivity index (χ0) is 8.10. The quantitative estimate of drug-likeness (QED) is 0.723. The van der Waals surface area contributed by atoms with Gasteiger partial charge in [0, 0.05) is 11.6 Å². The fraction of sp³-hybridized carbons (Fsp3) is 0.333. The van der Waals surface area contributed by atoms with Gasteiger partial charge in [0.2, 0.25) is 5.91 Å². The Morgan fingerprint density at radius 3 is 3.18 bits per heavy atom. The van der Waals surface area contributed by atoms with Crippen LogP contribution in [0.15, 0.2) is 11.6 Å². The standard InChI is InChI=1S/C6H7ClN2OS/c7-3-5(10)9-4-6-8-1-2-11-6/h1-2H,3-4H2,(H,9,10). The molecule has 1 N–H and O–H groups in total. The molecule has 0 aliphatic carbocycles. The largest absolute Gasteiger partial charge is 0.349 e. The van der Waals surface area contributed by atoms with Crippen molar-refractivity contribution in [1.29, 1.82) is 0 Å². The Balaban J connectivity index is 2.29. The fourth-order valence-corrected chi connectivity index (χ4v) is 1.21. The van der Waals surface area contributed by atoms with E-state index in [0.717, 1.165) is 5.01 Å². The average Bonchev–Trinajstić information content (AvgIpc) is 2.52. The molecule has 0 spiro atoms. The highest BCUT2D eigenvalue weighted by Gasteiger charge is 1.98. The van der Waals surface area contributed by atoms with E-state index < -0.39 is 0 Å². The van der Waals surface area contributed by atoms with Gasteiger partial charge in [0.25, 0.3) is 0 Å². The maximum absolute atomic E-state index is 10.6. The molecule has 0 saturated carbocycles. The van der Waals surface area contributed by atoms with E-state index in [1.807, 2.05) is 5.38 Å². The van der Waals surface area contributed by atoms with Crippen molar-refractivity contribution in [3.63, 3.8) is 0 Å². The molecule has 0 unspecified atom stereocenters. The van der Waals surface area contributed by atoms with Crippen molar-refractivity contribution in [2.45, 2.75) is 6.54 Å². The lowest BCUT2D eigenvalue weighted by atomic mass is 10.6. The van der Waals surface area contributed by atoms with Crippen molar-refractivity contribution in [3.8, 4) is 0 Å². The van der Waals surface area contributed by atoms with Crippen LogP contribution >= 0.6 is 22.9 Å². The molecule has 1 amide bonds. The molecule has 0 bridgehead atoms. The average molecular weight is 191 g/mol. The minimum Gasteiger partial charge on any atom is -0.349 e. The number of aromatic nitrogens is 1. The zero-order valence-corrected chi connectivity index (χ0v) is 7.28. The highest BCUT2D eigenvalue weighted by Crippen LogP contribution is 2.02. The molecular weight excluding hydrogens is 184 g/mol. The summed E-state index contributed by atoms with van der Waals surface area (Å²) in [5.74, 6) is -0.160. The second-order valence-corrected chi connectivity index (χ2v) is 3.08. The smallest absolute Gasteiger partial charge is 0.235 e. The molecule has 0 fully saturated rings. The lowest BCUT2D eigenvalue weighted by molar-refractivity contribution is -0.118. The topological polar surface area (TPSA) is 42.0 Å². The molecule has 1 aromatic heterocycles. The molecule has 1 rings (SSSR count). The van der Waals surface area contributed by atoms with Gasteiger partial charge < -0.3 is 5.32 Å². The second kappa shape index (κ2) is 4.31. The van der Waals surface area contributed by atoms with Crippen molar-refractivity contribution in [2.24, 2.45) is 0 Å². The molecule has 0 radical (unpaired) electrons. The predicted molar refractivity (Wildman–Crippen MR) is 44.7 cm³/mol. The summed E-state index contributed by atoms with van der Waals surface area (Å²) in [6, 6.07) is 0. The molecule has 3 nitrogen and oxygen atoms in total. The SMILES string of the molecule is O=C(CCl)NCc1nccs1. The van der Waals surface area contributed by atoms with E-state index in [-0.39, 0.29) is 11.8 Å². The number of thiazole rings is 1. The van der Waals surface area contributed by atoms with E-state index in [2.05, 4.69) is 10.3 Å². The lowest BCUT2D eigenvalue weighted by Gasteiger charge is -1.97. The van der Waals surface area contributed by atoms with Crippen LogP contribution in [0.5, 0.6) is 0 Å². The first-order valence-electron chi connectivity index (χ1n) is 3.04. The highest BCUT2D eigenvalue weighted by molar-refractivity contribution is 7.09. The van der Waals surface area contributed by atoms with Crippen LogP contribution in [0.2, 0.25) is 0 Å². The third-order valence-electron chi connectivity index (χ3n) is 1.04. The van der Waals surface area contributed by atoms with Crippen molar-refractivity contribution in [2.75, 3.05) is 5.88 Å². The first-order chi connectivity index (χ1) is 5.33. The van der Waals surface area contributed by atoms with Gasteiger partial charge in [0.1, 0.15) is 10.9 Å². The number of amides is 1. The molecular formula is C6H7ClN2OS. The number of nitrogens with one attached hydrogen (secondary N) is 1. The maximum Gasteiger partial charge on any atom is 0.235 e. The summed E-state index contributed by atoms with van der Waals surface area (Å²) in [7, 11) is 0. The first kappa shape index (κ1) is 8.49. The summed E-state index contributed by atoms with van der Waals surface area (Å²) in [4.78, 5) is 14.6. The molecule has 0 aromatic carbocycles. The number of nitrogens with zero attached hydrogens (tertiary/aromatic N) is 1. The number of carbonyl (C=O) groups is 1. The minimum absolute atomic E-state index is 0.00533. The number of carbonyl (C=O) groups excluding carboxylic acids is 1. The van der Waals surface area contributed by atoms with Gasteiger partial charge in [-0.05, 0) is 0 Å². The van der Waals surface area contributed by atoms with E-state index in [0.29, 0.717) is 6.54 Å². The normalized spacial score (nSPS) is 9.55. The summed E-state index contributed by atoms with van der Waals surface area (Å²) in [5, 5.41) is 5.37. The van der Waals surface area contributed by atoms with Gasteiger partial charge in [-0.3, -0.25) is 4.79 Å². The number of rotatable bonds is 3. The Bertz CT molecular complexity index is 224. The molecule has 0 saturated heterocycles. The maximum atomic E-state index is 10.6. The van der Waals surface area contributed by atoms with Gasteiger partial charge in [-0.1, -0.05) is 0 Å². The minimum atomic E-state index is -0.165. The molecule has 11 heavy (non-hydrogen) atoms. The van der Waals surface area contributed by atoms with Crippen LogP contribution in [-0.4, -0.2) is 16.8 Å². The Labute approximate surface area is 73.4 Å². The van der Waals surface area contributed by atoms with Crippen LogP contribution in [0.3, 0.4) is 0 Å². The van der Waals surface area contributed by atoms with Crippen molar-refractivity contribution >= 4 is 28.8 Å². The summed E-state index contributed by atoms with van der Waals surface area (Å²) in [6.45, 7) is 0.475. The molecule has 0 aliphatic rings. The van der Waals surface area contributed by atoms with Crippen molar-refractivity contribution in [1.82, 2.24) is 10.3 Å². The van der Waals surface area contributed by atoms with Crippen LogP contribution in [0.25, 0.3) is 0 Å². The predicted octanol–water partition coefficient (Wildman–Crippen LogP) is 0.998. The van der Waals surface area contributed by atoms with Gasteiger partial charge in [-0.2, -0.15) is 0 Å².